The van der Waals surface area contributed by atoms with Gasteiger partial charge in [-0.1, -0.05) is 135 Å². The lowest BCUT2D eigenvalue weighted by molar-refractivity contribution is -0.134. The van der Waals surface area contributed by atoms with Crippen LogP contribution in [0.4, 0.5) is 4.79 Å². The predicted molar refractivity (Wildman–Crippen MR) is 201 cm³/mol. The van der Waals surface area contributed by atoms with E-state index in [1.807, 2.05) is 84.9 Å². The quantitative estimate of drug-likeness (QED) is 0.0772. The van der Waals surface area contributed by atoms with Gasteiger partial charge in [-0.15, -0.1) is 0 Å². The second kappa shape index (κ2) is 21.1. The lowest BCUT2D eigenvalue weighted by Crippen LogP contribution is -2.63. The van der Waals surface area contributed by atoms with Gasteiger partial charge in [0.15, 0.2) is 0 Å². The summed E-state index contributed by atoms with van der Waals surface area (Å²) in [5.74, 6) is -2.15. The molecule has 0 spiro atoms. The molecule has 4 amide bonds. The average Bonchev–Trinajstić information content (AvgIpc) is 3.18. The molecule has 4 rings (SSSR count). The molecule has 0 bridgehead atoms. The normalized spacial score (nSPS) is 13.8. The molecule has 12 nitrogen and oxygen atoms in total. The number of nitrogens with one attached hydrogen (secondary N) is 5. The minimum atomic E-state index is -1.55. The summed E-state index contributed by atoms with van der Waals surface area (Å²) in [6.45, 7) is 3.26. The molecule has 2 unspecified atom stereocenters. The fourth-order valence-electron chi connectivity index (χ4n) is 5.61. The molecule has 0 aliphatic rings. The summed E-state index contributed by atoms with van der Waals surface area (Å²) in [6.07, 6.45) is -2.38. The van der Waals surface area contributed by atoms with Crippen molar-refractivity contribution in [2.75, 3.05) is 6.61 Å². The monoisotopic (exact) mass is 723 g/mol. The standard InChI is InChI=1S/C41H49N5O7/c1-28(2)35(39(50)43-25-31-19-11-5-12-20-31)46-40(51)36(42-24-30-17-9-4-10-18-30)37(48)33(23-29-15-7-3-8-16-29)44-38(49)34(26-47)45-41(52)53-27-32-21-13-6-14-22-32/h3-22,28,33-37,42,47-48H,23-27H2,1-2H3,(H,43,50)(H,44,49)(H,45,52)(H,46,51)/t33-,34-,35-,36?,37?/m0/s1. The molecule has 0 aliphatic heterocycles. The molecule has 0 aliphatic carbocycles. The lowest BCUT2D eigenvalue weighted by Gasteiger charge is -2.33. The molecule has 53 heavy (non-hydrogen) atoms. The molecule has 0 fully saturated rings. The zero-order valence-electron chi connectivity index (χ0n) is 30.0. The van der Waals surface area contributed by atoms with Gasteiger partial charge in [0, 0.05) is 13.1 Å². The Hall–Kier alpha value is -5.56. The summed E-state index contributed by atoms with van der Waals surface area (Å²) >= 11 is 0. The van der Waals surface area contributed by atoms with Crippen LogP contribution < -0.4 is 26.6 Å². The highest BCUT2D eigenvalue weighted by Crippen LogP contribution is 2.13. The van der Waals surface area contributed by atoms with Gasteiger partial charge in [-0.05, 0) is 34.6 Å². The molecule has 0 saturated heterocycles. The highest BCUT2D eigenvalue weighted by Gasteiger charge is 2.37. The Balaban J connectivity index is 1.54. The van der Waals surface area contributed by atoms with Crippen molar-refractivity contribution in [1.82, 2.24) is 26.6 Å². The lowest BCUT2D eigenvalue weighted by atomic mass is 9.94. The van der Waals surface area contributed by atoms with Crippen molar-refractivity contribution < 1.29 is 34.1 Å². The van der Waals surface area contributed by atoms with Crippen molar-refractivity contribution in [3.63, 3.8) is 0 Å². The maximum absolute atomic E-state index is 14.1. The molecule has 4 aromatic rings. The molecular weight excluding hydrogens is 674 g/mol. The van der Waals surface area contributed by atoms with Crippen molar-refractivity contribution in [3.05, 3.63) is 144 Å². The molecule has 280 valence electrons. The van der Waals surface area contributed by atoms with Crippen LogP contribution in [0.1, 0.15) is 36.1 Å². The molecule has 5 atom stereocenters. The average molecular weight is 724 g/mol. The van der Waals surface area contributed by atoms with Gasteiger partial charge in [0.2, 0.25) is 17.7 Å². The number of alkyl carbamates (subject to hydrolysis) is 1. The van der Waals surface area contributed by atoms with E-state index < -0.39 is 60.7 Å². The largest absolute Gasteiger partial charge is 0.445 e. The van der Waals surface area contributed by atoms with Gasteiger partial charge in [0.1, 0.15) is 24.7 Å². The second-order valence-electron chi connectivity index (χ2n) is 13.0. The highest BCUT2D eigenvalue weighted by molar-refractivity contribution is 5.90. The van der Waals surface area contributed by atoms with Crippen LogP contribution in [-0.2, 0) is 45.2 Å². The van der Waals surface area contributed by atoms with Gasteiger partial charge >= 0.3 is 6.09 Å². The van der Waals surface area contributed by atoms with Crippen LogP contribution in [0, 0.1) is 5.92 Å². The molecule has 0 radical (unpaired) electrons. The number of aliphatic hydroxyl groups excluding tert-OH is 2. The topological polar surface area (TPSA) is 178 Å². The van der Waals surface area contributed by atoms with Gasteiger partial charge in [-0.25, -0.2) is 4.79 Å². The first-order valence-electron chi connectivity index (χ1n) is 17.6. The van der Waals surface area contributed by atoms with Crippen molar-refractivity contribution >= 4 is 23.8 Å². The molecule has 0 heterocycles. The van der Waals surface area contributed by atoms with Gasteiger partial charge in [0.25, 0.3) is 0 Å². The number of amides is 4. The summed E-state index contributed by atoms with van der Waals surface area (Å²) in [5, 5.41) is 36.1. The van der Waals surface area contributed by atoms with E-state index in [0.29, 0.717) is 0 Å². The van der Waals surface area contributed by atoms with Crippen molar-refractivity contribution in [3.8, 4) is 0 Å². The Morgan fingerprint density at radius 1 is 0.604 bits per heavy atom. The van der Waals surface area contributed by atoms with Crippen molar-refractivity contribution in [2.45, 2.75) is 70.2 Å². The van der Waals surface area contributed by atoms with Crippen LogP contribution in [0.5, 0.6) is 0 Å². The van der Waals surface area contributed by atoms with Crippen molar-refractivity contribution in [1.29, 1.82) is 0 Å². The SMILES string of the molecule is CC(C)[C@H](NC(=O)C(NCc1ccccc1)C(O)[C@H](Cc1ccccc1)NC(=O)[C@H](CO)NC(=O)OCc1ccccc1)C(=O)NCc1ccccc1. The maximum atomic E-state index is 14.1. The molecule has 0 aromatic heterocycles. The van der Waals surface area contributed by atoms with Crippen LogP contribution in [0.2, 0.25) is 0 Å². The van der Waals surface area contributed by atoms with E-state index in [4.69, 9.17) is 4.74 Å². The van der Waals surface area contributed by atoms with Crippen LogP contribution in [-0.4, -0.2) is 70.9 Å². The predicted octanol–water partition coefficient (Wildman–Crippen LogP) is 2.98. The minimum Gasteiger partial charge on any atom is -0.445 e. The minimum absolute atomic E-state index is 0.0483. The van der Waals surface area contributed by atoms with E-state index >= 15 is 0 Å². The third-order valence-electron chi connectivity index (χ3n) is 8.59. The van der Waals surface area contributed by atoms with Crippen LogP contribution in [0.25, 0.3) is 0 Å². The Kier molecular flexibility index (Phi) is 16.0. The van der Waals surface area contributed by atoms with Crippen LogP contribution >= 0.6 is 0 Å². The number of ether oxygens (including phenoxy) is 1. The first-order valence-corrected chi connectivity index (χ1v) is 17.6. The number of carbonyl (C=O) groups excluding carboxylic acids is 4. The summed E-state index contributed by atoms with van der Waals surface area (Å²) in [4.78, 5) is 53.7. The Morgan fingerprint density at radius 3 is 1.64 bits per heavy atom. The summed E-state index contributed by atoms with van der Waals surface area (Å²) < 4.78 is 5.23. The smallest absolute Gasteiger partial charge is 0.408 e. The van der Waals surface area contributed by atoms with Gasteiger partial charge in [0.05, 0.1) is 18.8 Å². The van der Waals surface area contributed by atoms with Crippen LogP contribution in [0.3, 0.4) is 0 Å². The van der Waals surface area contributed by atoms with Crippen LogP contribution in [0.15, 0.2) is 121 Å². The van der Waals surface area contributed by atoms with E-state index in [-0.39, 0.29) is 32.0 Å². The fraction of sp³-hybridized carbons (Fsp3) is 0.317. The maximum Gasteiger partial charge on any atom is 0.408 e. The number of hydrogen-bond donors (Lipinski definition) is 7. The number of aliphatic hydroxyl groups is 2. The Bertz CT molecular complexity index is 1710. The third kappa shape index (κ3) is 13.2. The zero-order valence-corrected chi connectivity index (χ0v) is 30.0. The molecule has 0 saturated carbocycles. The van der Waals surface area contributed by atoms with Gasteiger partial charge in [-0.2, -0.15) is 0 Å². The van der Waals surface area contributed by atoms with E-state index in [1.165, 1.54) is 0 Å². The summed E-state index contributed by atoms with van der Waals surface area (Å²) in [7, 11) is 0. The molecular formula is C41H49N5O7. The first-order chi connectivity index (χ1) is 25.6. The summed E-state index contributed by atoms with van der Waals surface area (Å²) in [5.41, 5.74) is 3.21. The highest BCUT2D eigenvalue weighted by atomic mass is 16.5. The fourth-order valence-corrected chi connectivity index (χ4v) is 5.61. The zero-order chi connectivity index (χ0) is 38.0. The number of rotatable bonds is 19. The summed E-state index contributed by atoms with van der Waals surface area (Å²) in [6, 6.07) is 31.9. The van der Waals surface area contributed by atoms with E-state index in [1.54, 1.807) is 50.2 Å². The number of carbonyl (C=O) groups is 4. The van der Waals surface area contributed by atoms with Gasteiger partial charge in [-0.3, -0.25) is 19.7 Å². The molecule has 4 aromatic carbocycles. The Labute approximate surface area is 310 Å². The van der Waals surface area contributed by atoms with E-state index in [0.717, 1.165) is 22.3 Å². The number of benzene rings is 4. The van der Waals surface area contributed by atoms with E-state index in [9.17, 15) is 29.4 Å². The van der Waals surface area contributed by atoms with E-state index in [2.05, 4.69) is 26.6 Å². The molecule has 12 heteroatoms. The Morgan fingerprint density at radius 2 is 1.11 bits per heavy atom. The second-order valence-corrected chi connectivity index (χ2v) is 13.0. The first kappa shape index (κ1) is 40.2. The molecule has 7 N–H and O–H groups in total. The number of hydrogen-bond acceptors (Lipinski definition) is 8. The third-order valence-corrected chi connectivity index (χ3v) is 8.59. The van der Waals surface area contributed by atoms with Gasteiger partial charge < -0.3 is 36.2 Å². The van der Waals surface area contributed by atoms with Crippen molar-refractivity contribution in [2.24, 2.45) is 5.92 Å².